The summed E-state index contributed by atoms with van der Waals surface area (Å²) in [7, 11) is 1.43. The normalized spacial score (nSPS) is 23.1. The third kappa shape index (κ3) is 1.82. The Morgan fingerprint density at radius 3 is 3.00 bits per heavy atom. The summed E-state index contributed by atoms with van der Waals surface area (Å²) in [6, 6.07) is 0. The van der Waals surface area contributed by atoms with Gasteiger partial charge in [0.25, 0.3) is 0 Å². The first-order valence-electron chi connectivity index (χ1n) is 4.07. The van der Waals surface area contributed by atoms with Gasteiger partial charge in [0.15, 0.2) is 0 Å². The molecule has 2 heteroatoms. The van der Waals surface area contributed by atoms with Gasteiger partial charge in [0.05, 0.1) is 7.11 Å². The number of hydrogen-bond acceptors (Lipinski definition) is 2. The van der Waals surface area contributed by atoms with Crippen LogP contribution in [0, 0.1) is 5.92 Å². The van der Waals surface area contributed by atoms with Gasteiger partial charge in [0, 0.05) is 5.57 Å². The molecule has 62 valence electrons. The SMILES string of the molecule is CC[C@H]1C=C(C(=O)OC)CC1. The zero-order chi connectivity index (χ0) is 8.27. The predicted molar refractivity (Wildman–Crippen MR) is 43.1 cm³/mol. The van der Waals surface area contributed by atoms with Crippen molar-refractivity contribution in [3.8, 4) is 0 Å². The van der Waals surface area contributed by atoms with E-state index in [2.05, 4.69) is 11.7 Å². The molecule has 0 aliphatic heterocycles. The second-order valence-electron chi connectivity index (χ2n) is 2.89. The summed E-state index contributed by atoms with van der Waals surface area (Å²) in [5.41, 5.74) is 0.861. The molecular weight excluding hydrogens is 140 g/mol. The largest absolute Gasteiger partial charge is 0.466 e. The van der Waals surface area contributed by atoms with Crippen molar-refractivity contribution in [3.63, 3.8) is 0 Å². The molecule has 1 aliphatic carbocycles. The molecule has 0 aromatic carbocycles. The smallest absolute Gasteiger partial charge is 0.333 e. The van der Waals surface area contributed by atoms with Crippen LogP contribution in [0.3, 0.4) is 0 Å². The molecule has 0 spiro atoms. The third-order valence-corrected chi connectivity index (χ3v) is 2.19. The number of rotatable bonds is 2. The first-order valence-corrected chi connectivity index (χ1v) is 4.07. The molecule has 0 saturated carbocycles. The number of hydrogen-bond donors (Lipinski definition) is 0. The Labute approximate surface area is 67.2 Å². The van der Waals surface area contributed by atoms with E-state index in [1.54, 1.807) is 0 Å². The van der Waals surface area contributed by atoms with E-state index in [9.17, 15) is 4.79 Å². The topological polar surface area (TPSA) is 26.3 Å². The summed E-state index contributed by atoms with van der Waals surface area (Å²) in [4.78, 5) is 11.0. The van der Waals surface area contributed by atoms with Crippen LogP contribution in [0.5, 0.6) is 0 Å². The van der Waals surface area contributed by atoms with Crippen molar-refractivity contribution in [1.82, 2.24) is 0 Å². The number of methoxy groups -OCH3 is 1. The Balaban J connectivity index is 2.54. The Morgan fingerprint density at radius 2 is 2.55 bits per heavy atom. The monoisotopic (exact) mass is 154 g/mol. The lowest BCUT2D eigenvalue weighted by atomic mass is 10.1. The van der Waals surface area contributed by atoms with Gasteiger partial charge in [0.1, 0.15) is 0 Å². The highest BCUT2D eigenvalue weighted by atomic mass is 16.5. The Morgan fingerprint density at radius 1 is 1.82 bits per heavy atom. The van der Waals surface area contributed by atoms with Gasteiger partial charge in [-0.05, 0) is 25.2 Å². The molecule has 0 bridgehead atoms. The van der Waals surface area contributed by atoms with Gasteiger partial charge in [0.2, 0.25) is 0 Å². The summed E-state index contributed by atoms with van der Waals surface area (Å²) in [6.07, 6.45) is 5.18. The summed E-state index contributed by atoms with van der Waals surface area (Å²) in [5.74, 6) is 0.449. The highest BCUT2D eigenvalue weighted by Crippen LogP contribution is 2.26. The summed E-state index contributed by atoms with van der Waals surface area (Å²) >= 11 is 0. The van der Waals surface area contributed by atoms with E-state index in [-0.39, 0.29) is 5.97 Å². The molecule has 0 radical (unpaired) electrons. The van der Waals surface area contributed by atoms with Crippen molar-refractivity contribution in [3.05, 3.63) is 11.6 Å². The Kier molecular flexibility index (Phi) is 2.69. The molecule has 0 amide bonds. The van der Waals surface area contributed by atoms with Crippen LogP contribution in [-0.2, 0) is 9.53 Å². The van der Waals surface area contributed by atoms with Crippen LogP contribution < -0.4 is 0 Å². The fraction of sp³-hybridized carbons (Fsp3) is 0.667. The molecule has 1 rings (SSSR count). The van der Waals surface area contributed by atoms with E-state index in [0.717, 1.165) is 24.8 Å². The van der Waals surface area contributed by atoms with E-state index in [1.807, 2.05) is 6.08 Å². The molecule has 0 fully saturated rings. The number of allylic oxidation sites excluding steroid dienone is 1. The minimum atomic E-state index is -0.152. The number of carbonyl (C=O) groups is 1. The van der Waals surface area contributed by atoms with Gasteiger partial charge < -0.3 is 4.74 Å². The van der Waals surface area contributed by atoms with Gasteiger partial charge in [-0.3, -0.25) is 0 Å². The van der Waals surface area contributed by atoms with Crippen molar-refractivity contribution < 1.29 is 9.53 Å². The highest BCUT2D eigenvalue weighted by Gasteiger charge is 2.19. The van der Waals surface area contributed by atoms with Crippen molar-refractivity contribution >= 4 is 5.97 Å². The van der Waals surface area contributed by atoms with Crippen molar-refractivity contribution in [2.75, 3.05) is 7.11 Å². The van der Waals surface area contributed by atoms with E-state index < -0.39 is 0 Å². The first-order chi connectivity index (χ1) is 5.27. The van der Waals surface area contributed by atoms with Crippen LogP contribution in [-0.4, -0.2) is 13.1 Å². The van der Waals surface area contributed by atoms with Crippen LogP contribution in [0.25, 0.3) is 0 Å². The second-order valence-corrected chi connectivity index (χ2v) is 2.89. The number of carbonyl (C=O) groups excluding carboxylic acids is 1. The zero-order valence-electron chi connectivity index (χ0n) is 7.09. The first kappa shape index (κ1) is 8.31. The van der Waals surface area contributed by atoms with Crippen LogP contribution >= 0.6 is 0 Å². The highest BCUT2D eigenvalue weighted by molar-refractivity contribution is 5.88. The standard InChI is InChI=1S/C9H14O2/c1-3-7-4-5-8(6-7)9(10)11-2/h6-7H,3-5H2,1-2H3/t7-/m1/s1. The van der Waals surface area contributed by atoms with Crippen molar-refractivity contribution in [2.24, 2.45) is 5.92 Å². The fourth-order valence-electron chi connectivity index (χ4n) is 1.42. The molecule has 0 aromatic rings. The summed E-state index contributed by atoms with van der Waals surface area (Å²) in [6.45, 7) is 2.14. The van der Waals surface area contributed by atoms with Crippen molar-refractivity contribution in [2.45, 2.75) is 26.2 Å². The minimum absolute atomic E-state index is 0.152. The number of ether oxygens (including phenoxy) is 1. The molecule has 1 aliphatic rings. The maximum Gasteiger partial charge on any atom is 0.333 e. The second kappa shape index (κ2) is 3.56. The Bertz CT molecular complexity index is 182. The zero-order valence-corrected chi connectivity index (χ0v) is 7.09. The van der Waals surface area contributed by atoms with Crippen LogP contribution in [0.2, 0.25) is 0 Å². The maximum atomic E-state index is 11.0. The lowest BCUT2D eigenvalue weighted by Gasteiger charge is -1.97. The molecule has 0 N–H and O–H groups in total. The molecule has 1 atom stereocenters. The van der Waals surface area contributed by atoms with E-state index in [1.165, 1.54) is 7.11 Å². The fourth-order valence-corrected chi connectivity index (χ4v) is 1.42. The minimum Gasteiger partial charge on any atom is -0.466 e. The van der Waals surface area contributed by atoms with E-state index in [0.29, 0.717) is 5.92 Å². The molecule has 11 heavy (non-hydrogen) atoms. The molecule has 0 saturated heterocycles. The molecule has 2 nitrogen and oxygen atoms in total. The quantitative estimate of drug-likeness (QED) is 0.568. The molecule has 0 heterocycles. The van der Waals surface area contributed by atoms with Gasteiger partial charge >= 0.3 is 5.97 Å². The maximum absolute atomic E-state index is 11.0. The molecule has 0 unspecified atom stereocenters. The third-order valence-electron chi connectivity index (χ3n) is 2.19. The van der Waals surface area contributed by atoms with Crippen LogP contribution in [0.15, 0.2) is 11.6 Å². The van der Waals surface area contributed by atoms with Gasteiger partial charge in [-0.25, -0.2) is 4.79 Å². The lowest BCUT2D eigenvalue weighted by molar-refractivity contribution is -0.136. The molecule has 0 aromatic heterocycles. The average Bonchev–Trinajstić information content (AvgIpc) is 2.50. The Hall–Kier alpha value is -0.790. The van der Waals surface area contributed by atoms with Gasteiger partial charge in [-0.2, -0.15) is 0 Å². The predicted octanol–water partition coefficient (Wildman–Crippen LogP) is 1.91. The van der Waals surface area contributed by atoms with Gasteiger partial charge in [-0.15, -0.1) is 0 Å². The molecular formula is C9H14O2. The van der Waals surface area contributed by atoms with Crippen molar-refractivity contribution in [1.29, 1.82) is 0 Å². The van der Waals surface area contributed by atoms with Gasteiger partial charge in [-0.1, -0.05) is 13.0 Å². The van der Waals surface area contributed by atoms with Crippen LogP contribution in [0.4, 0.5) is 0 Å². The average molecular weight is 154 g/mol. The van der Waals surface area contributed by atoms with E-state index >= 15 is 0 Å². The summed E-state index contributed by atoms with van der Waals surface area (Å²) < 4.78 is 4.62. The van der Waals surface area contributed by atoms with Crippen LogP contribution in [0.1, 0.15) is 26.2 Å². The number of esters is 1. The lowest BCUT2D eigenvalue weighted by Crippen LogP contribution is -2.01. The van der Waals surface area contributed by atoms with E-state index in [4.69, 9.17) is 0 Å². The summed E-state index contributed by atoms with van der Waals surface area (Å²) in [5, 5.41) is 0.